The molecule has 1 nitrogen and oxygen atoms in total. The molecule has 1 fully saturated rings. The van der Waals surface area contributed by atoms with Crippen LogP contribution in [-0.4, -0.2) is 6.61 Å². The third-order valence-corrected chi connectivity index (χ3v) is 3.16. The zero-order valence-electron chi connectivity index (χ0n) is 9.95. The summed E-state index contributed by atoms with van der Waals surface area (Å²) in [4.78, 5) is 0. The Labute approximate surface area is 108 Å². The fourth-order valence-electron chi connectivity index (χ4n) is 2.11. The number of rotatable bonds is 2. The first-order chi connectivity index (χ1) is 9.05. The normalized spacial score (nSPS) is 18.4. The molecule has 1 saturated heterocycles. The van der Waals surface area contributed by atoms with Crippen LogP contribution in [0.2, 0.25) is 0 Å². The maximum absolute atomic E-state index is 12.5. The molecule has 0 bridgehead atoms. The van der Waals surface area contributed by atoms with Crippen LogP contribution < -0.4 is 0 Å². The topological polar surface area (TPSA) is 12.5 Å². The number of halogens is 3. The van der Waals surface area contributed by atoms with E-state index in [9.17, 15) is 13.2 Å². The minimum absolute atomic E-state index is 0.0819. The van der Waals surface area contributed by atoms with Gasteiger partial charge in [0, 0.05) is 0 Å². The molecular weight excluding hydrogens is 253 g/mol. The van der Waals surface area contributed by atoms with Gasteiger partial charge in [-0.3, -0.25) is 0 Å². The van der Waals surface area contributed by atoms with E-state index in [2.05, 4.69) is 0 Å². The molecule has 0 aliphatic carbocycles. The van der Waals surface area contributed by atoms with Crippen molar-refractivity contribution < 1.29 is 17.9 Å². The largest absolute Gasteiger partial charge is 0.416 e. The molecule has 0 amide bonds. The molecule has 1 atom stereocenters. The van der Waals surface area contributed by atoms with E-state index in [1.165, 1.54) is 12.1 Å². The molecule has 0 N–H and O–H groups in total. The second kappa shape index (κ2) is 4.38. The quantitative estimate of drug-likeness (QED) is 0.730. The minimum atomic E-state index is -4.29. The zero-order valence-corrected chi connectivity index (χ0v) is 9.95. The summed E-state index contributed by atoms with van der Waals surface area (Å²) in [6, 6.07) is 12.9. The second-order valence-electron chi connectivity index (χ2n) is 4.48. The first kappa shape index (κ1) is 12.2. The molecule has 0 aromatic heterocycles. The summed E-state index contributed by atoms with van der Waals surface area (Å²) < 4.78 is 42.8. The van der Waals surface area contributed by atoms with Gasteiger partial charge in [-0.25, -0.2) is 0 Å². The monoisotopic (exact) mass is 264 g/mol. The Balaban J connectivity index is 1.99. The van der Waals surface area contributed by atoms with Crippen molar-refractivity contribution in [1.29, 1.82) is 0 Å². The number of ether oxygens (including phenoxy) is 1. The average Bonchev–Trinajstić information content (AvgIpc) is 3.22. The van der Waals surface area contributed by atoms with Crippen molar-refractivity contribution in [1.82, 2.24) is 0 Å². The summed E-state index contributed by atoms with van der Waals surface area (Å²) in [5.74, 6) is 0. The fourth-order valence-corrected chi connectivity index (χ4v) is 2.11. The lowest BCUT2D eigenvalue weighted by molar-refractivity contribution is -0.137. The highest BCUT2D eigenvalue weighted by Crippen LogP contribution is 2.38. The van der Waals surface area contributed by atoms with Gasteiger partial charge in [-0.15, -0.1) is 0 Å². The summed E-state index contributed by atoms with van der Waals surface area (Å²) in [5, 5.41) is 0. The molecule has 98 valence electrons. The highest BCUT2D eigenvalue weighted by Gasteiger charge is 2.30. The second-order valence-corrected chi connectivity index (χ2v) is 4.48. The van der Waals surface area contributed by atoms with Crippen LogP contribution in [0, 0.1) is 0 Å². The standard InChI is InChI=1S/C15H11F3O/c16-15(17,18)11-7-5-10(6-8-11)12-3-1-2-4-13(12)14-9-19-14/h1-8,14H,9H2/t14-/m0/s1. The molecule has 19 heavy (non-hydrogen) atoms. The molecule has 2 aromatic rings. The van der Waals surface area contributed by atoms with E-state index in [1.54, 1.807) is 0 Å². The first-order valence-corrected chi connectivity index (χ1v) is 5.94. The third-order valence-electron chi connectivity index (χ3n) is 3.16. The van der Waals surface area contributed by atoms with Crippen LogP contribution in [0.15, 0.2) is 48.5 Å². The number of hydrogen-bond donors (Lipinski definition) is 0. The maximum atomic E-state index is 12.5. The van der Waals surface area contributed by atoms with Crippen LogP contribution in [0.5, 0.6) is 0 Å². The lowest BCUT2D eigenvalue weighted by Crippen LogP contribution is -2.04. The molecule has 4 heteroatoms. The third kappa shape index (κ3) is 2.49. The van der Waals surface area contributed by atoms with Crippen LogP contribution in [0.25, 0.3) is 11.1 Å². The van der Waals surface area contributed by atoms with E-state index in [0.29, 0.717) is 6.61 Å². The van der Waals surface area contributed by atoms with Gasteiger partial charge >= 0.3 is 6.18 Å². The lowest BCUT2D eigenvalue weighted by Gasteiger charge is -2.10. The van der Waals surface area contributed by atoms with Crippen LogP contribution >= 0.6 is 0 Å². The molecule has 0 unspecified atom stereocenters. The van der Waals surface area contributed by atoms with Crippen LogP contribution in [-0.2, 0) is 10.9 Å². The van der Waals surface area contributed by atoms with E-state index in [1.807, 2.05) is 24.3 Å². The molecular formula is C15H11F3O. The van der Waals surface area contributed by atoms with E-state index >= 15 is 0 Å². The van der Waals surface area contributed by atoms with Crippen LogP contribution in [0.4, 0.5) is 13.2 Å². The molecule has 2 aromatic carbocycles. The molecule has 0 spiro atoms. The van der Waals surface area contributed by atoms with E-state index < -0.39 is 11.7 Å². The van der Waals surface area contributed by atoms with E-state index in [-0.39, 0.29) is 6.10 Å². The molecule has 1 aliphatic heterocycles. The van der Waals surface area contributed by atoms with Crippen molar-refractivity contribution >= 4 is 0 Å². The Morgan fingerprint density at radius 1 is 0.947 bits per heavy atom. The summed E-state index contributed by atoms with van der Waals surface area (Å²) in [7, 11) is 0. The van der Waals surface area contributed by atoms with E-state index in [0.717, 1.165) is 28.8 Å². The number of epoxide rings is 1. The van der Waals surface area contributed by atoms with Gasteiger partial charge in [0.25, 0.3) is 0 Å². The van der Waals surface area contributed by atoms with Crippen molar-refractivity contribution in [3.8, 4) is 11.1 Å². The fraction of sp³-hybridized carbons (Fsp3) is 0.200. The van der Waals surface area contributed by atoms with Crippen molar-refractivity contribution in [2.75, 3.05) is 6.61 Å². The highest BCUT2D eigenvalue weighted by molar-refractivity contribution is 5.68. The van der Waals surface area contributed by atoms with Gasteiger partial charge in [0.2, 0.25) is 0 Å². The predicted octanol–water partition coefficient (Wildman–Crippen LogP) is 4.44. The Morgan fingerprint density at radius 3 is 2.16 bits per heavy atom. The number of hydrogen-bond acceptors (Lipinski definition) is 1. The Morgan fingerprint density at radius 2 is 1.58 bits per heavy atom. The van der Waals surface area contributed by atoms with Gasteiger partial charge in [0.1, 0.15) is 6.10 Å². The summed E-state index contributed by atoms with van der Waals surface area (Å²) in [5.41, 5.74) is 2.11. The Hall–Kier alpha value is -1.81. The number of alkyl halides is 3. The summed E-state index contributed by atoms with van der Waals surface area (Å²) in [6.45, 7) is 0.678. The van der Waals surface area contributed by atoms with Crippen molar-refractivity contribution in [2.45, 2.75) is 12.3 Å². The maximum Gasteiger partial charge on any atom is 0.416 e. The highest BCUT2D eigenvalue weighted by atomic mass is 19.4. The average molecular weight is 264 g/mol. The molecule has 0 saturated carbocycles. The van der Waals surface area contributed by atoms with Crippen LogP contribution in [0.1, 0.15) is 17.2 Å². The van der Waals surface area contributed by atoms with Crippen molar-refractivity contribution in [3.05, 3.63) is 59.7 Å². The Bertz CT molecular complexity index is 583. The van der Waals surface area contributed by atoms with E-state index in [4.69, 9.17) is 4.74 Å². The minimum Gasteiger partial charge on any atom is -0.368 e. The van der Waals surface area contributed by atoms with Gasteiger partial charge in [-0.2, -0.15) is 13.2 Å². The summed E-state index contributed by atoms with van der Waals surface area (Å²) >= 11 is 0. The number of benzene rings is 2. The molecule has 1 heterocycles. The van der Waals surface area contributed by atoms with Crippen molar-refractivity contribution in [2.24, 2.45) is 0 Å². The van der Waals surface area contributed by atoms with Gasteiger partial charge < -0.3 is 4.74 Å². The molecule has 0 radical (unpaired) electrons. The smallest absolute Gasteiger partial charge is 0.368 e. The predicted molar refractivity (Wildman–Crippen MR) is 65.6 cm³/mol. The molecule has 3 rings (SSSR count). The zero-order chi connectivity index (χ0) is 13.5. The van der Waals surface area contributed by atoms with Gasteiger partial charge in [0.05, 0.1) is 12.2 Å². The van der Waals surface area contributed by atoms with Crippen LogP contribution in [0.3, 0.4) is 0 Å². The van der Waals surface area contributed by atoms with Gasteiger partial charge in [-0.05, 0) is 28.8 Å². The first-order valence-electron chi connectivity index (χ1n) is 5.94. The summed E-state index contributed by atoms with van der Waals surface area (Å²) in [6.07, 6.45) is -4.21. The van der Waals surface area contributed by atoms with Gasteiger partial charge in [0.15, 0.2) is 0 Å². The van der Waals surface area contributed by atoms with Crippen molar-refractivity contribution in [3.63, 3.8) is 0 Å². The molecule has 1 aliphatic rings. The van der Waals surface area contributed by atoms with Gasteiger partial charge in [-0.1, -0.05) is 36.4 Å². The lowest BCUT2D eigenvalue weighted by atomic mass is 9.97. The SMILES string of the molecule is FC(F)(F)c1ccc(-c2ccccc2[C@@H]2CO2)cc1. The Kier molecular flexibility index (Phi) is 2.82.